The van der Waals surface area contributed by atoms with Gasteiger partial charge in [-0.2, -0.15) is 14.9 Å². The van der Waals surface area contributed by atoms with E-state index < -0.39 is 0 Å². The molecule has 0 bridgehead atoms. The normalized spacial score (nSPS) is 11.2. The number of halogens is 1. The quantitative estimate of drug-likeness (QED) is 0.588. The van der Waals surface area contributed by atoms with Crippen LogP contribution in [0.4, 0.5) is 0 Å². The molecule has 6 nitrogen and oxygen atoms in total. The Morgan fingerprint density at radius 3 is 3.00 bits per heavy atom. The number of aromatic amines is 1. The highest BCUT2D eigenvalue weighted by molar-refractivity contribution is 9.10. The Bertz CT molecular complexity index is 739. The van der Waals surface area contributed by atoms with Crippen molar-refractivity contribution < 1.29 is 9.84 Å². The molecule has 0 saturated heterocycles. The van der Waals surface area contributed by atoms with Crippen LogP contribution in [0.25, 0.3) is 0 Å². The second-order valence-electron chi connectivity index (χ2n) is 4.62. The second-order valence-corrected chi connectivity index (χ2v) is 5.80. The highest BCUT2D eigenvalue weighted by Gasteiger charge is 2.10. The third-order valence-electron chi connectivity index (χ3n) is 3.11. The number of nitrogens with zero attached hydrogens (tertiary/aromatic N) is 3. The average Bonchev–Trinajstić information content (AvgIpc) is 2.87. The fraction of sp³-hybridized carbons (Fsp3) is 0.357. The van der Waals surface area contributed by atoms with Gasteiger partial charge >= 0.3 is 0 Å². The second kappa shape index (κ2) is 7.55. The van der Waals surface area contributed by atoms with E-state index in [2.05, 4.69) is 38.2 Å². The maximum absolute atomic E-state index is 9.98. The lowest BCUT2D eigenvalue weighted by molar-refractivity contribution is 0.372. The molecule has 0 spiro atoms. The van der Waals surface area contributed by atoms with Crippen LogP contribution in [-0.2, 0) is 6.42 Å². The number of rotatable bonds is 6. The Morgan fingerprint density at radius 2 is 2.32 bits per heavy atom. The summed E-state index contributed by atoms with van der Waals surface area (Å²) in [7, 11) is 1.50. The molecule has 0 unspecified atom stereocenters. The average molecular weight is 385 g/mol. The van der Waals surface area contributed by atoms with Crippen LogP contribution in [0.1, 0.15) is 31.2 Å². The summed E-state index contributed by atoms with van der Waals surface area (Å²) in [6.07, 6.45) is 4.50. The van der Waals surface area contributed by atoms with Gasteiger partial charge in [-0.3, -0.25) is 5.10 Å². The molecule has 0 radical (unpaired) electrons. The van der Waals surface area contributed by atoms with Crippen LogP contribution in [0.3, 0.4) is 0 Å². The first-order valence-electron chi connectivity index (χ1n) is 6.84. The van der Waals surface area contributed by atoms with Gasteiger partial charge in [0.1, 0.15) is 0 Å². The molecule has 2 aromatic rings. The predicted molar refractivity (Wildman–Crippen MR) is 91.4 cm³/mol. The molecule has 0 atom stereocenters. The van der Waals surface area contributed by atoms with Crippen LogP contribution in [0.2, 0.25) is 0 Å². The molecule has 1 aromatic carbocycles. The van der Waals surface area contributed by atoms with Crippen LogP contribution >= 0.6 is 28.1 Å². The van der Waals surface area contributed by atoms with E-state index in [1.807, 2.05) is 0 Å². The van der Waals surface area contributed by atoms with Gasteiger partial charge in [0, 0.05) is 12.0 Å². The Labute approximate surface area is 142 Å². The minimum absolute atomic E-state index is 0.0356. The monoisotopic (exact) mass is 384 g/mol. The lowest BCUT2D eigenvalue weighted by Crippen LogP contribution is -1.99. The molecule has 22 heavy (non-hydrogen) atoms. The third kappa shape index (κ3) is 3.56. The van der Waals surface area contributed by atoms with Crippen LogP contribution in [-0.4, -0.2) is 33.3 Å². The van der Waals surface area contributed by atoms with Gasteiger partial charge < -0.3 is 9.84 Å². The Kier molecular flexibility index (Phi) is 5.73. The maximum atomic E-state index is 9.98. The van der Waals surface area contributed by atoms with Crippen molar-refractivity contribution in [3.8, 4) is 11.5 Å². The highest BCUT2D eigenvalue weighted by Crippen LogP contribution is 2.35. The van der Waals surface area contributed by atoms with Crippen molar-refractivity contribution >= 4 is 34.4 Å². The van der Waals surface area contributed by atoms with Crippen molar-refractivity contribution in [3.63, 3.8) is 0 Å². The van der Waals surface area contributed by atoms with Gasteiger partial charge in [0.25, 0.3) is 0 Å². The number of benzene rings is 1. The molecule has 8 heteroatoms. The number of aryl methyl sites for hydroxylation is 1. The molecule has 0 aliphatic heterocycles. The lowest BCUT2D eigenvalue weighted by Gasteiger charge is -2.07. The van der Waals surface area contributed by atoms with E-state index in [0.717, 1.165) is 25.1 Å². The number of nitrogens with one attached hydrogen (secondary N) is 1. The van der Waals surface area contributed by atoms with Crippen molar-refractivity contribution in [3.05, 3.63) is 32.8 Å². The molecule has 2 N–H and O–H groups in total. The van der Waals surface area contributed by atoms with Gasteiger partial charge in [-0.15, -0.1) is 0 Å². The molecule has 0 aliphatic carbocycles. The Hall–Kier alpha value is -1.67. The molecule has 0 saturated carbocycles. The van der Waals surface area contributed by atoms with E-state index in [1.54, 1.807) is 23.0 Å². The first-order valence-corrected chi connectivity index (χ1v) is 8.04. The van der Waals surface area contributed by atoms with E-state index in [9.17, 15) is 5.11 Å². The van der Waals surface area contributed by atoms with Gasteiger partial charge in [0.2, 0.25) is 4.77 Å². The van der Waals surface area contributed by atoms with Crippen LogP contribution < -0.4 is 4.74 Å². The molecule has 0 aliphatic rings. The summed E-state index contributed by atoms with van der Waals surface area (Å²) >= 11 is 8.52. The lowest BCUT2D eigenvalue weighted by atomic mass is 10.2. The van der Waals surface area contributed by atoms with Crippen LogP contribution in [0.15, 0.2) is 21.7 Å². The van der Waals surface area contributed by atoms with Gasteiger partial charge in [-0.05, 0) is 46.7 Å². The summed E-state index contributed by atoms with van der Waals surface area (Å²) in [6, 6.07) is 3.47. The largest absolute Gasteiger partial charge is 0.503 e. The fourth-order valence-corrected chi connectivity index (χ4v) is 2.51. The number of H-pyrrole nitrogens is 1. The number of aromatic hydroxyl groups is 1. The van der Waals surface area contributed by atoms with Crippen molar-refractivity contribution in [1.82, 2.24) is 14.9 Å². The molecular formula is C14H17BrN4O2S. The van der Waals surface area contributed by atoms with Crippen molar-refractivity contribution in [2.24, 2.45) is 5.10 Å². The summed E-state index contributed by atoms with van der Waals surface area (Å²) in [5.74, 6) is 1.22. The summed E-state index contributed by atoms with van der Waals surface area (Å²) in [4.78, 5) is 0. The van der Waals surface area contributed by atoms with E-state index >= 15 is 0 Å². The fourth-order valence-electron chi connectivity index (χ4n) is 1.89. The molecule has 1 heterocycles. The smallest absolute Gasteiger partial charge is 0.216 e. The van der Waals surface area contributed by atoms with E-state index in [1.165, 1.54) is 7.11 Å². The minimum atomic E-state index is 0.0356. The summed E-state index contributed by atoms with van der Waals surface area (Å²) < 4.78 is 7.60. The van der Waals surface area contributed by atoms with Crippen molar-refractivity contribution in [1.29, 1.82) is 0 Å². The SMILES string of the molecule is CCCCc1n[nH]c(=S)n1/N=C/c1ccc(OC)c(O)c1Br. The number of ether oxygens (including phenoxy) is 1. The highest BCUT2D eigenvalue weighted by atomic mass is 79.9. The zero-order chi connectivity index (χ0) is 16.1. The Balaban J connectivity index is 2.31. The number of methoxy groups -OCH3 is 1. The minimum Gasteiger partial charge on any atom is -0.503 e. The van der Waals surface area contributed by atoms with Crippen LogP contribution in [0, 0.1) is 4.77 Å². The summed E-state index contributed by atoms with van der Waals surface area (Å²) in [5, 5.41) is 21.3. The van der Waals surface area contributed by atoms with E-state index in [4.69, 9.17) is 17.0 Å². The number of phenols is 1. The number of hydrogen-bond donors (Lipinski definition) is 2. The first kappa shape index (κ1) is 16.7. The zero-order valence-corrected chi connectivity index (χ0v) is 14.7. The molecule has 0 amide bonds. The zero-order valence-electron chi connectivity index (χ0n) is 12.3. The number of aromatic nitrogens is 3. The van der Waals surface area contributed by atoms with Gasteiger partial charge in [-0.25, -0.2) is 0 Å². The number of phenolic OH excluding ortho intramolecular Hbond substituents is 1. The van der Waals surface area contributed by atoms with Crippen LogP contribution in [0.5, 0.6) is 11.5 Å². The number of hydrogen-bond acceptors (Lipinski definition) is 5. The van der Waals surface area contributed by atoms with E-state index in [0.29, 0.717) is 20.6 Å². The van der Waals surface area contributed by atoms with Gasteiger partial charge in [0.05, 0.1) is 17.8 Å². The molecule has 1 aromatic heterocycles. The molecule has 0 fully saturated rings. The van der Waals surface area contributed by atoms with Gasteiger partial charge in [0.15, 0.2) is 17.3 Å². The topological polar surface area (TPSA) is 75.4 Å². The Morgan fingerprint density at radius 1 is 1.55 bits per heavy atom. The maximum Gasteiger partial charge on any atom is 0.216 e. The third-order valence-corrected chi connectivity index (χ3v) is 4.21. The van der Waals surface area contributed by atoms with Crippen molar-refractivity contribution in [2.45, 2.75) is 26.2 Å². The number of unbranched alkanes of at least 4 members (excludes halogenated alkanes) is 1. The standard InChI is InChI=1S/C14H17BrN4O2S/c1-3-4-5-11-17-18-14(22)19(11)16-8-9-6-7-10(21-2)13(20)12(9)15/h6-8,20H,3-5H2,1-2H3,(H,18,22)/b16-8+. The summed E-state index contributed by atoms with van der Waals surface area (Å²) in [6.45, 7) is 2.12. The molecule has 118 valence electrons. The molecule has 2 rings (SSSR count). The molecular weight excluding hydrogens is 368 g/mol. The van der Waals surface area contributed by atoms with Gasteiger partial charge in [-0.1, -0.05) is 13.3 Å². The van der Waals surface area contributed by atoms with E-state index in [-0.39, 0.29) is 5.75 Å². The predicted octanol–water partition coefficient (Wildman–Crippen LogP) is 3.64. The first-order chi connectivity index (χ1) is 10.6. The summed E-state index contributed by atoms with van der Waals surface area (Å²) in [5.41, 5.74) is 0.711. The van der Waals surface area contributed by atoms with Crippen molar-refractivity contribution in [2.75, 3.05) is 7.11 Å².